The van der Waals surface area contributed by atoms with Crippen molar-refractivity contribution in [2.75, 3.05) is 5.32 Å². The average Bonchev–Trinajstić information content (AvgIpc) is 2.34. The van der Waals surface area contributed by atoms with Crippen LogP contribution in [0.3, 0.4) is 0 Å². The van der Waals surface area contributed by atoms with Gasteiger partial charge in [0.15, 0.2) is 0 Å². The minimum Gasteiger partial charge on any atom is -0.508 e. The topological polar surface area (TPSA) is 56.0 Å². The zero-order valence-corrected chi connectivity index (χ0v) is 11.4. The predicted molar refractivity (Wildman–Crippen MR) is 74.2 cm³/mol. The number of phenolic OH excluding ortho intramolecular Hbond substituents is 1. The number of nitriles is 1. The third-order valence-electron chi connectivity index (χ3n) is 2.50. The molecule has 0 saturated carbocycles. The van der Waals surface area contributed by atoms with Gasteiger partial charge < -0.3 is 10.4 Å². The number of halogens is 2. The summed E-state index contributed by atoms with van der Waals surface area (Å²) in [6.45, 7) is 0. The van der Waals surface area contributed by atoms with Gasteiger partial charge in [0.1, 0.15) is 17.6 Å². The molecule has 1 atom stereocenters. The van der Waals surface area contributed by atoms with Crippen LogP contribution < -0.4 is 5.32 Å². The van der Waals surface area contributed by atoms with Gasteiger partial charge in [0.05, 0.1) is 6.07 Å². The molecule has 1 unspecified atom stereocenters. The third kappa shape index (κ3) is 3.46. The third-order valence-corrected chi connectivity index (χ3v) is 3.00. The molecule has 2 aromatic carbocycles. The van der Waals surface area contributed by atoms with E-state index in [4.69, 9.17) is 5.26 Å². The van der Waals surface area contributed by atoms with Crippen LogP contribution in [0.4, 0.5) is 10.1 Å². The molecule has 96 valence electrons. The van der Waals surface area contributed by atoms with Crippen LogP contribution in [0.2, 0.25) is 0 Å². The number of nitrogens with zero attached hydrogens (tertiary/aromatic N) is 1. The number of aromatic hydroxyl groups is 1. The van der Waals surface area contributed by atoms with E-state index in [0.717, 1.165) is 16.2 Å². The second-order valence-electron chi connectivity index (χ2n) is 3.96. The van der Waals surface area contributed by atoms with E-state index in [0.29, 0.717) is 5.56 Å². The lowest BCUT2D eigenvalue weighted by atomic mass is 10.1. The standard InChI is InChI=1S/C14H10BrFN2O/c15-10-2-1-3-12(6-10)18-14(8-17)9-4-11(16)7-13(19)5-9/h1-7,14,18-19H. The molecule has 0 amide bonds. The van der Waals surface area contributed by atoms with Crippen molar-refractivity contribution in [1.82, 2.24) is 0 Å². The Hall–Kier alpha value is -2.06. The summed E-state index contributed by atoms with van der Waals surface area (Å²) in [5.41, 5.74) is 1.10. The van der Waals surface area contributed by atoms with Crippen molar-refractivity contribution in [3.05, 3.63) is 58.3 Å². The summed E-state index contributed by atoms with van der Waals surface area (Å²) in [4.78, 5) is 0. The van der Waals surface area contributed by atoms with Crippen LogP contribution in [-0.4, -0.2) is 5.11 Å². The molecule has 2 N–H and O–H groups in total. The molecule has 0 aliphatic rings. The summed E-state index contributed by atoms with van der Waals surface area (Å²) in [6, 6.07) is 12.2. The highest BCUT2D eigenvalue weighted by Gasteiger charge is 2.12. The Balaban J connectivity index is 2.28. The van der Waals surface area contributed by atoms with Gasteiger partial charge in [0.25, 0.3) is 0 Å². The maximum Gasteiger partial charge on any atom is 0.140 e. The molecule has 5 heteroatoms. The quantitative estimate of drug-likeness (QED) is 0.899. The minimum atomic E-state index is -0.740. The highest BCUT2D eigenvalue weighted by molar-refractivity contribution is 9.10. The van der Waals surface area contributed by atoms with E-state index in [1.807, 2.05) is 24.3 Å². The van der Waals surface area contributed by atoms with E-state index < -0.39 is 11.9 Å². The fourth-order valence-corrected chi connectivity index (χ4v) is 2.10. The molecule has 19 heavy (non-hydrogen) atoms. The van der Waals surface area contributed by atoms with Crippen LogP contribution in [-0.2, 0) is 0 Å². The number of phenols is 1. The highest BCUT2D eigenvalue weighted by atomic mass is 79.9. The van der Waals surface area contributed by atoms with Gasteiger partial charge in [0, 0.05) is 16.2 Å². The molecule has 0 bridgehead atoms. The van der Waals surface area contributed by atoms with Crippen LogP contribution in [0.5, 0.6) is 5.75 Å². The van der Waals surface area contributed by atoms with E-state index in [2.05, 4.69) is 21.2 Å². The largest absolute Gasteiger partial charge is 0.508 e. The van der Waals surface area contributed by atoms with Crippen molar-refractivity contribution >= 4 is 21.6 Å². The first-order valence-corrected chi connectivity index (χ1v) is 6.29. The van der Waals surface area contributed by atoms with Crippen molar-refractivity contribution in [2.45, 2.75) is 6.04 Å². The van der Waals surface area contributed by atoms with Crippen molar-refractivity contribution in [3.63, 3.8) is 0 Å². The molecular weight excluding hydrogens is 311 g/mol. The monoisotopic (exact) mass is 320 g/mol. The van der Waals surface area contributed by atoms with Gasteiger partial charge in [-0.15, -0.1) is 0 Å². The molecule has 2 rings (SSSR count). The summed E-state index contributed by atoms with van der Waals surface area (Å²) in [5.74, 6) is -0.780. The summed E-state index contributed by atoms with van der Waals surface area (Å²) < 4.78 is 14.1. The Kier molecular flexibility index (Phi) is 4.03. The number of hydrogen-bond acceptors (Lipinski definition) is 3. The summed E-state index contributed by atoms with van der Waals surface area (Å²) in [5, 5.41) is 21.5. The lowest BCUT2D eigenvalue weighted by molar-refractivity contribution is 0.468. The van der Waals surface area contributed by atoms with Gasteiger partial charge in [-0.25, -0.2) is 4.39 Å². The van der Waals surface area contributed by atoms with Crippen LogP contribution in [0.1, 0.15) is 11.6 Å². The van der Waals surface area contributed by atoms with Crippen molar-refractivity contribution < 1.29 is 9.50 Å². The predicted octanol–water partition coefficient (Wildman–Crippen LogP) is 3.97. The van der Waals surface area contributed by atoms with Gasteiger partial charge in [0.2, 0.25) is 0 Å². The molecule has 0 fully saturated rings. The molecule has 0 spiro atoms. The van der Waals surface area contributed by atoms with Gasteiger partial charge in [-0.2, -0.15) is 5.26 Å². The van der Waals surface area contributed by atoms with E-state index in [1.165, 1.54) is 12.1 Å². The summed E-state index contributed by atoms with van der Waals surface area (Å²) >= 11 is 3.33. The molecule has 0 aromatic heterocycles. The molecule has 3 nitrogen and oxygen atoms in total. The van der Waals surface area contributed by atoms with Crippen LogP contribution >= 0.6 is 15.9 Å². The molecular formula is C14H10BrFN2O. The van der Waals surface area contributed by atoms with Crippen molar-refractivity contribution in [2.24, 2.45) is 0 Å². The Morgan fingerprint density at radius 3 is 2.68 bits per heavy atom. The first-order valence-electron chi connectivity index (χ1n) is 5.49. The van der Waals surface area contributed by atoms with Gasteiger partial charge in [-0.3, -0.25) is 0 Å². The number of rotatable bonds is 3. The number of anilines is 1. The summed E-state index contributed by atoms with van der Waals surface area (Å²) in [7, 11) is 0. The first-order chi connectivity index (χ1) is 9.08. The maximum absolute atomic E-state index is 13.2. The van der Waals surface area contributed by atoms with E-state index in [1.54, 1.807) is 6.07 Å². The summed E-state index contributed by atoms with van der Waals surface area (Å²) in [6.07, 6.45) is 0. The van der Waals surface area contributed by atoms with Crippen LogP contribution in [0.25, 0.3) is 0 Å². The molecule has 0 radical (unpaired) electrons. The lowest BCUT2D eigenvalue weighted by Crippen LogP contribution is -2.08. The molecule has 2 aromatic rings. The Morgan fingerprint density at radius 2 is 2.05 bits per heavy atom. The van der Waals surface area contributed by atoms with E-state index >= 15 is 0 Å². The van der Waals surface area contributed by atoms with Crippen LogP contribution in [0.15, 0.2) is 46.9 Å². The smallest absolute Gasteiger partial charge is 0.140 e. The SMILES string of the molecule is N#CC(Nc1cccc(Br)c1)c1cc(O)cc(F)c1. The number of hydrogen-bond donors (Lipinski definition) is 2. The first kappa shape index (κ1) is 13.4. The van der Waals surface area contributed by atoms with E-state index in [-0.39, 0.29) is 5.75 Å². The number of nitrogens with one attached hydrogen (secondary N) is 1. The van der Waals surface area contributed by atoms with Gasteiger partial charge in [-0.1, -0.05) is 22.0 Å². The second-order valence-corrected chi connectivity index (χ2v) is 4.88. The minimum absolute atomic E-state index is 0.203. The zero-order chi connectivity index (χ0) is 13.8. The molecule has 0 heterocycles. The Labute approximate surface area is 118 Å². The number of benzene rings is 2. The van der Waals surface area contributed by atoms with E-state index in [9.17, 15) is 9.50 Å². The maximum atomic E-state index is 13.2. The van der Waals surface area contributed by atoms with Crippen molar-refractivity contribution in [1.29, 1.82) is 5.26 Å². The Morgan fingerprint density at radius 1 is 1.26 bits per heavy atom. The van der Waals surface area contributed by atoms with Crippen LogP contribution in [0, 0.1) is 17.1 Å². The zero-order valence-electron chi connectivity index (χ0n) is 9.77. The second kappa shape index (κ2) is 5.72. The average molecular weight is 321 g/mol. The molecule has 0 aliphatic carbocycles. The molecule has 0 saturated heterocycles. The van der Waals surface area contributed by atoms with Gasteiger partial charge in [-0.05, 0) is 35.9 Å². The highest BCUT2D eigenvalue weighted by Crippen LogP contribution is 2.25. The fraction of sp³-hybridized carbons (Fsp3) is 0.0714. The lowest BCUT2D eigenvalue weighted by Gasteiger charge is -2.14. The fourth-order valence-electron chi connectivity index (χ4n) is 1.70. The van der Waals surface area contributed by atoms with Gasteiger partial charge >= 0.3 is 0 Å². The Bertz CT molecular complexity index is 619. The molecule has 0 aliphatic heterocycles. The van der Waals surface area contributed by atoms with Crippen molar-refractivity contribution in [3.8, 4) is 11.8 Å². The normalized spacial score (nSPS) is 11.6.